The normalized spacial score (nSPS) is 18.4. The molecule has 0 saturated carbocycles. The predicted octanol–water partition coefficient (Wildman–Crippen LogP) is 1.74. The number of para-hydroxylation sites is 1. The first-order valence-corrected chi connectivity index (χ1v) is 6.27. The Kier molecular flexibility index (Phi) is 3.87. The van der Waals surface area contributed by atoms with Gasteiger partial charge in [-0.15, -0.1) is 0 Å². The van der Waals surface area contributed by atoms with E-state index in [4.69, 9.17) is 4.74 Å². The van der Waals surface area contributed by atoms with Crippen molar-refractivity contribution in [1.82, 2.24) is 4.90 Å². The highest BCUT2D eigenvalue weighted by atomic mass is 16.5. The largest absolute Gasteiger partial charge is 0.377 e. The fourth-order valence-electron chi connectivity index (χ4n) is 2.15. The van der Waals surface area contributed by atoms with Gasteiger partial charge in [0.05, 0.1) is 25.3 Å². The van der Waals surface area contributed by atoms with Gasteiger partial charge in [-0.2, -0.15) is 0 Å². The van der Waals surface area contributed by atoms with E-state index in [-0.39, 0.29) is 11.4 Å². The van der Waals surface area contributed by atoms with E-state index in [9.17, 15) is 4.79 Å². The molecule has 1 N–H and O–H groups in total. The number of morpholine rings is 1. The smallest absolute Gasteiger partial charge is 0.242 e. The van der Waals surface area contributed by atoms with Gasteiger partial charge in [0.15, 0.2) is 0 Å². The molecule has 0 aliphatic carbocycles. The summed E-state index contributed by atoms with van der Waals surface area (Å²) in [6.45, 7) is 6.29. The van der Waals surface area contributed by atoms with Crippen LogP contribution in [0.15, 0.2) is 30.3 Å². The zero-order valence-electron chi connectivity index (χ0n) is 11.0. The van der Waals surface area contributed by atoms with Crippen molar-refractivity contribution in [3.63, 3.8) is 0 Å². The molecule has 0 bridgehead atoms. The molecule has 0 radical (unpaired) electrons. The first-order chi connectivity index (χ1) is 8.59. The number of nitrogens with zero attached hydrogens (tertiary/aromatic N) is 1. The second kappa shape index (κ2) is 5.40. The summed E-state index contributed by atoms with van der Waals surface area (Å²) in [4.78, 5) is 14.1. The minimum atomic E-state index is -0.215. The molecule has 98 valence electrons. The lowest BCUT2D eigenvalue weighted by atomic mass is 10.0. The number of hydrogen-bond donors (Lipinski definition) is 1. The van der Waals surface area contributed by atoms with Crippen LogP contribution in [-0.2, 0) is 9.53 Å². The number of carbonyl (C=O) groups excluding carboxylic acids is 1. The van der Waals surface area contributed by atoms with Gasteiger partial charge in [0.2, 0.25) is 5.91 Å². The van der Waals surface area contributed by atoms with E-state index < -0.39 is 0 Å². The molecule has 1 saturated heterocycles. The summed E-state index contributed by atoms with van der Waals surface area (Å²) < 4.78 is 5.41. The van der Waals surface area contributed by atoms with Crippen molar-refractivity contribution in [3.8, 4) is 0 Å². The van der Waals surface area contributed by atoms with E-state index in [0.717, 1.165) is 5.69 Å². The van der Waals surface area contributed by atoms with Crippen molar-refractivity contribution in [2.24, 2.45) is 0 Å². The van der Waals surface area contributed by atoms with Crippen molar-refractivity contribution >= 4 is 11.6 Å². The lowest BCUT2D eigenvalue weighted by Crippen LogP contribution is -2.56. The van der Waals surface area contributed by atoms with Crippen LogP contribution in [0.4, 0.5) is 5.69 Å². The van der Waals surface area contributed by atoms with Gasteiger partial charge in [-0.25, -0.2) is 0 Å². The summed E-state index contributed by atoms with van der Waals surface area (Å²) in [5, 5.41) is 3.15. The third-order valence-corrected chi connectivity index (χ3v) is 3.16. The topological polar surface area (TPSA) is 41.6 Å². The molecule has 1 fully saturated rings. The van der Waals surface area contributed by atoms with Crippen LogP contribution < -0.4 is 5.32 Å². The summed E-state index contributed by atoms with van der Waals surface area (Å²) in [7, 11) is 0. The molecule has 18 heavy (non-hydrogen) atoms. The third-order valence-electron chi connectivity index (χ3n) is 3.16. The molecular formula is C14H20N2O2. The quantitative estimate of drug-likeness (QED) is 0.886. The number of ether oxygens (including phenoxy) is 1. The van der Waals surface area contributed by atoms with Crippen LogP contribution >= 0.6 is 0 Å². The minimum Gasteiger partial charge on any atom is -0.377 e. The molecule has 1 heterocycles. The highest BCUT2D eigenvalue weighted by Crippen LogP contribution is 2.19. The highest BCUT2D eigenvalue weighted by Gasteiger charge is 2.33. The van der Waals surface area contributed by atoms with Crippen molar-refractivity contribution in [3.05, 3.63) is 30.3 Å². The lowest BCUT2D eigenvalue weighted by molar-refractivity contribution is -0.144. The number of amides is 1. The summed E-state index contributed by atoms with van der Waals surface area (Å²) in [5.74, 6) is 0.118. The molecule has 0 atom stereocenters. The molecule has 0 spiro atoms. The van der Waals surface area contributed by atoms with E-state index in [2.05, 4.69) is 5.32 Å². The number of hydrogen-bond acceptors (Lipinski definition) is 3. The van der Waals surface area contributed by atoms with Crippen LogP contribution in [0.2, 0.25) is 0 Å². The van der Waals surface area contributed by atoms with Crippen LogP contribution in [-0.4, -0.2) is 42.6 Å². The Morgan fingerprint density at radius 3 is 2.78 bits per heavy atom. The molecule has 1 aliphatic rings. The van der Waals surface area contributed by atoms with Crippen molar-refractivity contribution < 1.29 is 9.53 Å². The van der Waals surface area contributed by atoms with Crippen molar-refractivity contribution in [2.45, 2.75) is 19.4 Å². The fraction of sp³-hybridized carbons (Fsp3) is 0.500. The van der Waals surface area contributed by atoms with Gasteiger partial charge in [-0.3, -0.25) is 4.79 Å². The zero-order valence-corrected chi connectivity index (χ0v) is 11.0. The van der Waals surface area contributed by atoms with E-state index in [0.29, 0.717) is 26.3 Å². The van der Waals surface area contributed by atoms with Crippen molar-refractivity contribution in [1.29, 1.82) is 0 Å². The van der Waals surface area contributed by atoms with Gasteiger partial charge in [0.25, 0.3) is 0 Å². The molecule has 2 rings (SSSR count). The van der Waals surface area contributed by atoms with Gasteiger partial charge in [-0.1, -0.05) is 18.2 Å². The first kappa shape index (κ1) is 12.9. The average molecular weight is 248 g/mol. The number of rotatable bonds is 3. The van der Waals surface area contributed by atoms with E-state index in [1.165, 1.54) is 0 Å². The second-order valence-electron chi connectivity index (χ2n) is 5.13. The Labute approximate surface area is 108 Å². The van der Waals surface area contributed by atoms with Crippen LogP contribution in [0.5, 0.6) is 0 Å². The van der Waals surface area contributed by atoms with Gasteiger partial charge in [-0.05, 0) is 26.0 Å². The zero-order chi connectivity index (χ0) is 13.0. The Morgan fingerprint density at radius 1 is 1.39 bits per heavy atom. The molecule has 0 aromatic heterocycles. The maximum absolute atomic E-state index is 12.2. The molecule has 0 unspecified atom stereocenters. The van der Waals surface area contributed by atoms with E-state index in [1.807, 2.05) is 49.1 Å². The van der Waals surface area contributed by atoms with E-state index in [1.54, 1.807) is 0 Å². The highest BCUT2D eigenvalue weighted by molar-refractivity contribution is 5.81. The van der Waals surface area contributed by atoms with Gasteiger partial charge in [0, 0.05) is 12.2 Å². The Morgan fingerprint density at radius 2 is 2.11 bits per heavy atom. The number of nitrogens with one attached hydrogen (secondary N) is 1. The van der Waals surface area contributed by atoms with Gasteiger partial charge in [0.1, 0.15) is 0 Å². The molecule has 4 heteroatoms. The van der Waals surface area contributed by atoms with Crippen molar-refractivity contribution in [2.75, 3.05) is 31.6 Å². The molecule has 4 nitrogen and oxygen atoms in total. The number of anilines is 1. The summed E-state index contributed by atoms with van der Waals surface area (Å²) in [6.07, 6.45) is 0. The second-order valence-corrected chi connectivity index (χ2v) is 5.13. The monoisotopic (exact) mass is 248 g/mol. The predicted molar refractivity (Wildman–Crippen MR) is 71.5 cm³/mol. The maximum atomic E-state index is 12.2. The Bertz CT molecular complexity index is 404. The third kappa shape index (κ3) is 3.01. The number of carbonyl (C=O) groups is 1. The lowest BCUT2D eigenvalue weighted by Gasteiger charge is -2.42. The van der Waals surface area contributed by atoms with Crippen LogP contribution in [0.1, 0.15) is 13.8 Å². The maximum Gasteiger partial charge on any atom is 0.242 e. The standard InChI is InChI=1S/C14H20N2O2/c1-14(2)11-18-9-8-16(14)13(17)10-15-12-6-4-3-5-7-12/h3-7,15H,8-11H2,1-2H3. The average Bonchev–Trinajstić information content (AvgIpc) is 2.37. The van der Waals surface area contributed by atoms with Crippen LogP contribution in [0.3, 0.4) is 0 Å². The van der Waals surface area contributed by atoms with Gasteiger partial charge < -0.3 is 15.0 Å². The molecule has 1 aliphatic heterocycles. The summed E-state index contributed by atoms with van der Waals surface area (Å²) in [6, 6.07) is 9.77. The fourth-order valence-corrected chi connectivity index (χ4v) is 2.15. The molecule has 1 amide bonds. The molecule has 1 aromatic carbocycles. The number of benzene rings is 1. The van der Waals surface area contributed by atoms with E-state index >= 15 is 0 Å². The first-order valence-electron chi connectivity index (χ1n) is 6.27. The minimum absolute atomic E-state index is 0.118. The summed E-state index contributed by atoms with van der Waals surface area (Å²) >= 11 is 0. The SMILES string of the molecule is CC1(C)COCCN1C(=O)CNc1ccccc1. The molecular weight excluding hydrogens is 228 g/mol. The van der Waals surface area contributed by atoms with Crippen LogP contribution in [0.25, 0.3) is 0 Å². The summed E-state index contributed by atoms with van der Waals surface area (Å²) in [5.41, 5.74) is 0.755. The Hall–Kier alpha value is -1.55. The van der Waals surface area contributed by atoms with Gasteiger partial charge >= 0.3 is 0 Å². The Balaban J connectivity index is 1.91. The van der Waals surface area contributed by atoms with Crippen LogP contribution in [0, 0.1) is 0 Å². The molecule has 1 aromatic rings.